The van der Waals surface area contributed by atoms with Crippen LogP contribution in [0.5, 0.6) is 0 Å². The average molecular weight is 610 g/mol. The molecule has 1 atom stereocenters. The maximum atomic E-state index is 14.1. The predicted octanol–water partition coefficient (Wildman–Crippen LogP) is 3.15. The number of halogens is 3. The van der Waals surface area contributed by atoms with Crippen molar-refractivity contribution in [2.24, 2.45) is 0 Å². The number of carbonyl (C=O) groups excluding carboxylic acids is 1. The van der Waals surface area contributed by atoms with Crippen LogP contribution < -0.4 is 15.4 Å². The van der Waals surface area contributed by atoms with Crippen molar-refractivity contribution in [1.29, 1.82) is 5.26 Å². The van der Waals surface area contributed by atoms with E-state index in [2.05, 4.69) is 41.5 Å². The van der Waals surface area contributed by atoms with Crippen molar-refractivity contribution in [3.05, 3.63) is 58.5 Å². The van der Waals surface area contributed by atoms with Crippen LogP contribution in [0.15, 0.2) is 41.8 Å². The minimum Gasteiger partial charge on any atom is -0.352 e. The average Bonchev–Trinajstić information content (AvgIpc) is 3.00. The second-order valence-corrected chi connectivity index (χ2v) is 11.3. The van der Waals surface area contributed by atoms with E-state index in [1.165, 1.54) is 37.4 Å². The van der Waals surface area contributed by atoms with E-state index in [1.807, 2.05) is 9.80 Å². The van der Waals surface area contributed by atoms with Gasteiger partial charge in [-0.3, -0.25) is 14.5 Å². The summed E-state index contributed by atoms with van der Waals surface area (Å²) in [7, 11) is 0. The highest BCUT2D eigenvalue weighted by atomic mass is 19.4. The molecule has 0 bridgehead atoms. The van der Waals surface area contributed by atoms with Gasteiger partial charge in [0.25, 0.3) is 5.56 Å². The van der Waals surface area contributed by atoms with Crippen molar-refractivity contribution >= 4 is 28.6 Å². The van der Waals surface area contributed by atoms with E-state index in [4.69, 9.17) is 4.98 Å². The molecule has 4 heterocycles. The lowest BCUT2D eigenvalue weighted by Gasteiger charge is -2.41. The van der Waals surface area contributed by atoms with Crippen LogP contribution in [-0.4, -0.2) is 93.4 Å². The Morgan fingerprint density at radius 3 is 2.48 bits per heavy atom. The van der Waals surface area contributed by atoms with E-state index >= 15 is 0 Å². The number of aryl methyl sites for hydroxylation is 1. The van der Waals surface area contributed by atoms with E-state index in [9.17, 15) is 28.0 Å². The number of rotatable bonds is 6. The highest BCUT2D eigenvalue weighted by molar-refractivity contribution is 5.90. The first-order chi connectivity index (χ1) is 20.9. The lowest BCUT2D eigenvalue weighted by molar-refractivity contribution is -0.138. The Morgan fingerprint density at radius 2 is 1.84 bits per heavy atom. The third-order valence-electron chi connectivity index (χ3n) is 8.27. The number of nitrogens with zero attached hydrogens (tertiary/aromatic N) is 9. The lowest BCUT2D eigenvalue weighted by Crippen LogP contribution is -2.55. The van der Waals surface area contributed by atoms with E-state index in [0.29, 0.717) is 31.5 Å². The zero-order chi connectivity index (χ0) is 31.8. The molecule has 232 valence electrons. The Morgan fingerprint density at radius 1 is 1.14 bits per heavy atom. The fraction of sp³-hybridized carbons (Fsp3) is 0.467. The Hall–Kier alpha value is -4.51. The molecule has 2 fully saturated rings. The molecule has 0 N–H and O–H groups in total. The summed E-state index contributed by atoms with van der Waals surface area (Å²) in [6, 6.07) is 6.02. The molecule has 3 aromatic rings. The predicted molar refractivity (Wildman–Crippen MR) is 160 cm³/mol. The summed E-state index contributed by atoms with van der Waals surface area (Å²) in [5.41, 5.74) is -2.25. The second-order valence-electron chi connectivity index (χ2n) is 11.3. The largest absolute Gasteiger partial charge is 0.418 e. The maximum absolute atomic E-state index is 14.1. The van der Waals surface area contributed by atoms with Crippen molar-refractivity contribution in [2.75, 3.05) is 55.6 Å². The molecule has 1 amide bonds. The quantitative estimate of drug-likeness (QED) is 0.389. The van der Waals surface area contributed by atoms with Crippen LogP contribution in [0.4, 0.5) is 24.9 Å². The summed E-state index contributed by atoms with van der Waals surface area (Å²) in [6.45, 7) is 12.7. The van der Waals surface area contributed by atoms with Gasteiger partial charge in [0.2, 0.25) is 11.9 Å². The monoisotopic (exact) mass is 609 g/mol. The molecule has 0 aliphatic carbocycles. The van der Waals surface area contributed by atoms with Gasteiger partial charge in [-0.15, -0.1) is 0 Å². The van der Waals surface area contributed by atoms with Gasteiger partial charge in [0.15, 0.2) is 0 Å². The summed E-state index contributed by atoms with van der Waals surface area (Å²) in [5, 5.41) is 13.9. The third kappa shape index (κ3) is 5.84. The molecule has 1 aromatic carbocycles. The fourth-order valence-electron chi connectivity index (χ4n) is 5.92. The van der Waals surface area contributed by atoms with Gasteiger partial charge in [-0.25, -0.2) is 4.98 Å². The van der Waals surface area contributed by atoms with Gasteiger partial charge in [0, 0.05) is 51.9 Å². The molecule has 5 rings (SSSR count). The van der Waals surface area contributed by atoms with E-state index in [0.717, 1.165) is 17.8 Å². The zero-order valence-corrected chi connectivity index (χ0v) is 24.9. The van der Waals surface area contributed by atoms with E-state index in [1.54, 1.807) is 4.90 Å². The molecule has 0 spiro atoms. The molecule has 2 aromatic heterocycles. The number of aromatic nitrogens is 4. The Labute approximate surface area is 252 Å². The van der Waals surface area contributed by atoms with Gasteiger partial charge < -0.3 is 14.7 Å². The number of amides is 1. The molecule has 0 saturated carbocycles. The number of hydrogen-bond acceptors (Lipinski definition) is 9. The standard InChI is InChI=1S/C30H34F3N9O2/c1-5-24(43)41-16-15-40(18-21(41)9-10-34)27-22-17-35-42(23-8-6-7-20(4)25(23)30(31,32)33)28(44)26(22)36-29(37-27)39-13-11-38(12-14-39)19(2)3/h5-8,17,19,21H,1,9,11-16,18H2,2-4H3/t21-/m0/s1. The minimum absolute atomic E-state index is 0.0358. The number of fused-ring (bicyclic) bond motifs is 1. The number of piperazine rings is 2. The molecule has 11 nitrogen and oxygen atoms in total. The molecular formula is C30H34F3N9O2. The zero-order valence-electron chi connectivity index (χ0n) is 24.9. The van der Waals surface area contributed by atoms with Gasteiger partial charge in [-0.05, 0) is 38.5 Å². The number of alkyl halides is 3. The van der Waals surface area contributed by atoms with Crippen LogP contribution in [-0.2, 0) is 11.0 Å². The Balaban J connectivity index is 1.66. The number of nitriles is 1. The molecule has 44 heavy (non-hydrogen) atoms. The van der Waals surface area contributed by atoms with Crippen LogP contribution in [0.2, 0.25) is 0 Å². The van der Waals surface area contributed by atoms with Crippen molar-refractivity contribution in [2.45, 2.75) is 45.5 Å². The summed E-state index contributed by atoms with van der Waals surface area (Å²) < 4.78 is 43.1. The van der Waals surface area contributed by atoms with E-state index in [-0.39, 0.29) is 53.5 Å². The van der Waals surface area contributed by atoms with Crippen LogP contribution in [0, 0.1) is 18.3 Å². The minimum atomic E-state index is -4.72. The molecule has 2 aliphatic heterocycles. The summed E-state index contributed by atoms with van der Waals surface area (Å²) in [5.74, 6) is 0.374. The Kier molecular flexibility index (Phi) is 8.60. The molecule has 14 heteroatoms. The molecule has 0 radical (unpaired) electrons. The summed E-state index contributed by atoms with van der Waals surface area (Å²) in [4.78, 5) is 43.7. The van der Waals surface area contributed by atoms with Gasteiger partial charge in [-0.2, -0.15) is 33.2 Å². The fourth-order valence-corrected chi connectivity index (χ4v) is 5.92. The third-order valence-corrected chi connectivity index (χ3v) is 8.27. The molecule has 2 saturated heterocycles. The molecule has 2 aliphatic rings. The molecular weight excluding hydrogens is 575 g/mol. The first-order valence-corrected chi connectivity index (χ1v) is 14.5. The second kappa shape index (κ2) is 12.2. The highest BCUT2D eigenvalue weighted by Gasteiger charge is 2.37. The number of hydrogen-bond donors (Lipinski definition) is 0. The van der Waals surface area contributed by atoms with Crippen LogP contribution >= 0.6 is 0 Å². The smallest absolute Gasteiger partial charge is 0.352 e. The van der Waals surface area contributed by atoms with Crippen molar-refractivity contribution in [3.63, 3.8) is 0 Å². The van der Waals surface area contributed by atoms with E-state index < -0.39 is 23.3 Å². The maximum Gasteiger partial charge on any atom is 0.418 e. The van der Waals surface area contributed by atoms with Gasteiger partial charge >= 0.3 is 6.18 Å². The van der Waals surface area contributed by atoms with Crippen molar-refractivity contribution in [3.8, 4) is 11.8 Å². The summed E-state index contributed by atoms with van der Waals surface area (Å²) in [6.07, 6.45) is -2.12. The van der Waals surface area contributed by atoms with Gasteiger partial charge in [0.1, 0.15) is 11.3 Å². The lowest BCUT2D eigenvalue weighted by atomic mass is 10.1. The van der Waals surface area contributed by atoms with Crippen LogP contribution in [0.25, 0.3) is 16.6 Å². The van der Waals surface area contributed by atoms with Crippen molar-refractivity contribution in [1.82, 2.24) is 29.5 Å². The van der Waals surface area contributed by atoms with Gasteiger partial charge in [0.05, 0.1) is 41.4 Å². The first-order valence-electron chi connectivity index (χ1n) is 14.5. The normalized spacial score (nSPS) is 18.1. The van der Waals surface area contributed by atoms with Crippen molar-refractivity contribution < 1.29 is 18.0 Å². The first kappa shape index (κ1) is 30.9. The Bertz CT molecular complexity index is 1670. The highest BCUT2D eigenvalue weighted by Crippen LogP contribution is 2.36. The topological polar surface area (TPSA) is 114 Å². The number of carbonyl (C=O) groups is 1. The summed E-state index contributed by atoms with van der Waals surface area (Å²) >= 11 is 0. The number of anilines is 2. The van der Waals surface area contributed by atoms with Crippen LogP contribution in [0.3, 0.4) is 0 Å². The number of benzene rings is 1. The SMILES string of the molecule is C=CC(=O)N1CCN(c2nc(N3CCN(C(C)C)CC3)nc3c(=O)n(-c4cccc(C)c4C(F)(F)F)ncc23)C[C@@H]1CC#N. The molecule has 0 unspecified atom stereocenters. The van der Waals surface area contributed by atoms with Gasteiger partial charge in [-0.1, -0.05) is 18.7 Å². The van der Waals surface area contributed by atoms with Crippen LogP contribution in [0.1, 0.15) is 31.4 Å².